The summed E-state index contributed by atoms with van der Waals surface area (Å²) in [6.45, 7) is 14.5. The van der Waals surface area contributed by atoms with Gasteiger partial charge >= 0.3 is 0 Å². The second kappa shape index (κ2) is 11.6. The molecule has 1 fully saturated rings. The fourth-order valence-corrected chi connectivity index (χ4v) is 4.70. The Morgan fingerprint density at radius 3 is 2.61 bits per heavy atom. The molecule has 1 amide bonds. The Labute approximate surface area is 227 Å². The zero-order valence-corrected chi connectivity index (χ0v) is 23.7. The molecule has 1 aliphatic carbocycles. The summed E-state index contributed by atoms with van der Waals surface area (Å²) >= 11 is -1.10. The van der Waals surface area contributed by atoms with Gasteiger partial charge in [-0.3, -0.25) is 14.7 Å². The van der Waals surface area contributed by atoms with Crippen LogP contribution in [-0.2, 0) is 22.5 Å². The summed E-state index contributed by atoms with van der Waals surface area (Å²) in [6.07, 6.45) is 7.72. The predicted octanol–water partition coefficient (Wildman–Crippen LogP) is 4.29. The van der Waals surface area contributed by atoms with E-state index in [0.717, 1.165) is 41.8 Å². The van der Waals surface area contributed by atoms with Crippen molar-refractivity contribution in [3.05, 3.63) is 65.2 Å². The lowest BCUT2D eigenvalue weighted by Gasteiger charge is -2.34. The highest BCUT2D eigenvalue weighted by Gasteiger charge is 2.36. The summed E-state index contributed by atoms with van der Waals surface area (Å²) in [5, 5.41) is 3.17. The van der Waals surface area contributed by atoms with E-state index in [4.69, 9.17) is 9.98 Å². The lowest BCUT2D eigenvalue weighted by Crippen LogP contribution is -2.53. The zero-order valence-electron chi connectivity index (χ0n) is 22.9. The number of allylic oxidation sites excluding steroid dienone is 1. The van der Waals surface area contributed by atoms with Gasteiger partial charge in [0.05, 0.1) is 35.5 Å². The minimum atomic E-state index is -1.10. The molecule has 1 saturated carbocycles. The van der Waals surface area contributed by atoms with Crippen LogP contribution in [0.1, 0.15) is 75.5 Å². The third-order valence-corrected chi connectivity index (χ3v) is 7.62. The number of amidine groups is 2. The first-order valence-corrected chi connectivity index (χ1v) is 14.4. The molecule has 2 aliphatic rings. The number of rotatable bonds is 8. The molecule has 1 unspecified atom stereocenters. The van der Waals surface area contributed by atoms with Crippen molar-refractivity contribution < 1.29 is 9.35 Å². The maximum absolute atomic E-state index is 13.8. The van der Waals surface area contributed by atoms with Gasteiger partial charge < -0.3 is 9.87 Å². The fraction of sp³-hybridized carbons (Fsp3) is 0.429. The molecule has 4 rings (SSSR count). The van der Waals surface area contributed by atoms with E-state index >= 15 is 0 Å². The largest absolute Gasteiger partial charge is 0.612 e. The number of pyridine rings is 1. The molecule has 1 aliphatic heterocycles. The Bertz CT molecular complexity index is 1320. The maximum Gasteiger partial charge on any atom is 0.295 e. The highest BCUT2D eigenvalue weighted by molar-refractivity contribution is 7.90. The van der Waals surface area contributed by atoms with Gasteiger partial charge in [-0.1, -0.05) is 13.5 Å². The number of aromatic nitrogens is 3. The van der Waals surface area contributed by atoms with Gasteiger partial charge in [0.2, 0.25) is 0 Å². The second-order valence-electron chi connectivity index (χ2n) is 9.91. The van der Waals surface area contributed by atoms with E-state index < -0.39 is 11.2 Å². The minimum absolute atomic E-state index is 0.122. The van der Waals surface area contributed by atoms with Gasteiger partial charge in [-0.05, 0) is 75.8 Å². The van der Waals surface area contributed by atoms with Crippen LogP contribution in [0.15, 0.2) is 57.4 Å². The van der Waals surface area contributed by atoms with Crippen LogP contribution in [0.4, 0.5) is 0 Å². The van der Waals surface area contributed by atoms with Crippen LogP contribution >= 0.6 is 0 Å². The Morgan fingerprint density at radius 1 is 1.29 bits per heavy atom. The van der Waals surface area contributed by atoms with E-state index in [1.807, 2.05) is 34.6 Å². The van der Waals surface area contributed by atoms with E-state index in [1.54, 1.807) is 35.8 Å². The molecule has 1 N–H and O–H groups in total. The molecule has 3 heterocycles. The van der Waals surface area contributed by atoms with E-state index in [9.17, 15) is 9.35 Å². The summed E-state index contributed by atoms with van der Waals surface area (Å²) in [5.74, 6) is 0.858. The molecule has 2 aromatic rings. The molecule has 2 atom stereocenters. The maximum atomic E-state index is 13.8. The van der Waals surface area contributed by atoms with Crippen LogP contribution in [0.25, 0.3) is 5.70 Å². The van der Waals surface area contributed by atoms with Crippen molar-refractivity contribution in [1.29, 1.82) is 0 Å². The van der Waals surface area contributed by atoms with Crippen molar-refractivity contribution in [2.75, 3.05) is 6.26 Å². The molecule has 0 saturated heterocycles. The Balaban J connectivity index is 1.70. The zero-order chi connectivity index (χ0) is 27.6. The summed E-state index contributed by atoms with van der Waals surface area (Å²) in [6, 6.07) is 3.45. The van der Waals surface area contributed by atoms with Gasteiger partial charge in [0.1, 0.15) is 18.3 Å². The minimum Gasteiger partial charge on any atom is -0.612 e. The molecule has 200 valence electrons. The number of aliphatic imine (C=N–C) groups is 2. The first kappa shape index (κ1) is 27.7. The molecule has 0 bridgehead atoms. The smallest absolute Gasteiger partial charge is 0.295 e. The van der Waals surface area contributed by atoms with Crippen LogP contribution in [-0.4, -0.2) is 54.3 Å². The van der Waals surface area contributed by atoms with Gasteiger partial charge in [-0.25, -0.2) is 20.0 Å². The first-order valence-electron chi connectivity index (χ1n) is 12.8. The summed E-state index contributed by atoms with van der Waals surface area (Å²) < 4.78 is 11.7. The van der Waals surface area contributed by atoms with Crippen molar-refractivity contribution in [1.82, 2.24) is 25.2 Å². The summed E-state index contributed by atoms with van der Waals surface area (Å²) in [5.41, 5.74) is 5.44. The van der Waals surface area contributed by atoms with Crippen LogP contribution in [0.3, 0.4) is 0 Å². The van der Waals surface area contributed by atoms with Gasteiger partial charge in [-0.15, -0.1) is 0 Å². The molecule has 0 radical (unpaired) electrons. The van der Waals surface area contributed by atoms with Crippen LogP contribution < -0.4 is 5.32 Å². The summed E-state index contributed by atoms with van der Waals surface area (Å²) in [7, 11) is 0. The van der Waals surface area contributed by atoms with E-state index in [0.29, 0.717) is 40.3 Å². The molecule has 9 nitrogen and oxygen atoms in total. The molecule has 0 spiro atoms. The highest BCUT2D eigenvalue weighted by Crippen LogP contribution is 2.42. The number of carbonyl (C=O) groups is 1. The molecular weight excluding hydrogens is 498 g/mol. The summed E-state index contributed by atoms with van der Waals surface area (Å²) in [4.78, 5) is 39.1. The molecule has 2 aromatic heterocycles. The average Bonchev–Trinajstić information content (AvgIpc) is 3.73. The van der Waals surface area contributed by atoms with Crippen LogP contribution in [0.5, 0.6) is 0 Å². The van der Waals surface area contributed by atoms with Gasteiger partial charge in [0.15, 0.2) is 16.6 Å². The fourth-order valence-electron chi connectivity index (χ4n) is 4.24. The number of aryl methyl sites for hydroxylation is 1. The van der Waals surface area contributed by atoms with Gasteiger partial charge in [-0.2, -0.15) is 0 Å². The number of carbonyl (C=O) groups excluding carboxylic acids is 1. The molecular formula is C28H35N7O2S. The number of amides is 1. The Morgan fingerprint density at radius 2 is 2.03 bits per heavy atom. The van der Waals surface area contributed by atoms with E-state index in [-0.39, 0.29) is 17.8 Å². The lowest BCUT2D eigenvalue weighted by atomic mass is 10.1. The standard InChI is InChI=1S/C28H35N7O2S/c1-8-17(4)35-27(33-19(6)23-18(5)31-15-32-25(23)20-9-10-20)24(16(2)3)34-26(28(35)36)30-13-21-11-12-22(14-29-21)38(7)37/h11-12,14-15,17,20H,6,8-10,13H2,1-5,7H3,(H,30,34)/b33-27+/t17-,38?/m0/s1. The number of hydrogen-bond donors (Lipinski definition) is 1. The normalized spacial score (nSPS) is 18.3. The van der Waals surface area contributed by atoms with Crippen molar-refractivity contribution >= 4 is 34.5 Å². The topological polar surface area (TPSA) is 119 Å². The molecule has 0 aromatic carbocycles. The van der Waals surface area contributed by atoms with Crippen molar-refractivity contribution in [3.8, 4) is 0 Å². The monoisotopic (exact) mass is 533 g/mol. The average molecular weight is 534 g/mol. The second-order valence-corrected chi connectivity index (χ2v) is 11.3. The molecule has 10 heteroatoms. The number of nitrogens with one attached hydrogen (secondary N) is 1. The first-order chi connectivity index (χ1) is 18.1. The third kappa shape index (κ3) is 5.86. The van der Waals surface area contributed by atoms with E-state index in [2.05, 4.69) is 26.8 Å². The number of hydrogen-bond acceptors (Lipinski definition) is 8. The van der Waals surface area contributed by atoms with E-state index in [1.165, 1.54) is 0 Å². The van der Waals surface area contributed by atoms with Crippen molar-refractivity contribution in [3.63, 3.8) is 0 Å². The van der Waals surface area contributed by atoms with Crippen molar-refractivity contribution in [2.45, 2.75) is 77.3 Å². The highest BCUT2D eigenvalue weighted by atomic mass is 32.2. The third-order valence-electron chi connectivity index (χ3n) is 6.72. The van der Waals surface area contributed by atoms with Gasteiger partial charge in [0, 0.05) is 17.5 Å². The molecule has 38 heavy (non-hydrogen) atoms. The number of nitrogens with zero attached hydrogens (tertiary/aromatic N) is 6. The van der Waals surface area contributed by atoms with Crippen LogP contribution in [0.2, 0.25) is 0 Å². The SMILES string of the molecule is C=C(/N=C1\C(=C(C)C)N=C(NCc2ccc([S+](C)[O-])cn2)C(=O)N1[C@@H](C)CC)c1c(C)ncnc1C1CC1. The lowest BCUT2D eigenvalue weighted by molar-refractivity contribution is -0.122. The van der Waals surface area contributed by atoms with Gasteiger partial charge in [0.25, 0.3) is 5.91 Å². The predicted molar refractivity (Wildman–Crippen MR) is 151 cm³/mol. The van der Waals surface area contributed by atoms with Crippen LogP contribution in [0, 0.1) is 6.92 Å². The van der Waals surface area contributed by atoms with Crippen molar-refractivity contribution in [2.24, 2.45) is 9.98 Å². The Kier molecular flexibility index (Phi) is 8.42. The Hall–Kier alpha value is -3.37. The quantitative estimate of drug-likeness (QED) is 0.506.